The molecule has 18 heavy (non-hydrogen) atoms. The quantitative estimate of drug-likeness (QED) is 0.837. The van der Waals surface area contributed by atoms with Crippen molar-refractivity contribution in [1.82, 2.24) is 4.98 Å². The van der Waals surface area contributed by atoms with Crippen molar-refractivity contribution in [1.29, 1.82) is 0 Å². The van der Waals surface area contributed by atoms with Gasteiger partial charge in [-0.3, -0.25) is 4.79 Å². The highest BCUT2D eigenvalue weighted by Gasteiger charge is 2.09. The highest BCUT2D eigenvalue weighted by Crippen LogP contribution is 2.30. The molecule has 0 bridgehead atoms. The highest BCUT2D eigenvalue weighted by molar-refractivity contribution is 5.90. The molecule has 0 radical (unpaired) electrons. The van der Waals surface area contributed by atoms with Crippen LogP contribution in [0.15, 0.2) is 36.5 Å². The standard InChI is InChI=1S/C14H14N2O2/c1-2-18-11-6-5-10(9-17)13(8-11)12-4-3-7-16-14(12)15/h3-9H,2H2,1H3,(H2,15,16). The molecule has 4 nitrogen and oxygen atoms in total. The van der Waals surface area contributed by atoms with Crippen molar-refractivity contribution in [3.05, 3.63) is 42.1 Å². The summed E-state index contributed by atoms with van der Waals surface area (Å²) in [7, 11) is 0. The van der Waals surface area contributed by atoms with Gasteiger partial charge in [0.1, 0.15) is 11.6 Å². The van der Waals surface area contributed by atoms with Crippen LogP contribution in [0.2, 0.25) is 0 Å². The Morgan fingerprint density at radius 3 is 2.83 bits per heavy atom. The van der Waals surface area contributed by atoms with Crippen LogP contribution in [-0.4, -0.2) is 17.9 Å². The number of nitrogens with zero attached hydrogens (tertiary/aromatic N) is 1. The van der Waals surface area contributed by atoms with E-state index in [9.17, 15) is 4.79 Å². The molecule has 0 spiro atoms. The molecule has 0 amide bonds. The number of hydrogen-bond acceptors (Lipinski definition) is 4. The number of aldehydes is 1. The van der Waals surface area contributed by atoms with E-state index in [0.717, 1.165) is 17.4 Å². The van der Waals surface area contributed by atoms with Crippen LogP contribution in [0.5, 0.6) is 5.75 Å². The van der Waals surface area contributed by atoms with Gasteiger partial charge in [-0.05, 0) is 42.8 Å². The summed E-state index contributed by atoms with van der Waals surface area (Å²) in [6, 6.07) is 8.91. The van der Waals surface area contributed by atoms with Crippen molar-refractivity contribution in [3.8, 4) is 16.9 Å². The van der Waals surface area contributed by atoms with Crippen LogP contribution in [-0.2, 0) is 0 Å². The average Bonchev–Trinajstić information content (AvgIpc) is 2.40. The van der Waals surface area contributed by atoms with Crippen LogP contribution in [0, 0.1) is 0 Å². The fourth-order valence-corrected chi connectivity index (χ4v) is 1.77. The van der Waals surface area contributed by atoms with Crippen molar-refractivity contribution in [2.75, 3.05) is 12.3 Å². The number of aromatic nitrogens is 1. The fourth-order valence-electron chi connectivity index (χ4n) is 1.77. The van der Waals surface area contributed by atoms with E-state index >= 15 is 0 Å². The first-order valence-corrected chi connectivity index (χ1v) is 5.69. The van der Waals surface area contributed by atoms with Crippen LogP contribution < -0.4 is 10.5 Å². The summed E-state index contributed by atoms with van der Waals surface area (Å²) in [5, 5.41) is 0. The summed E-state index contributed by atoms with van der Waals surface area (Å²) >= 11 is 0. The molecule has 0 saturated carbocycles. The lowest BCUT2D eigenvalue weighted by molar-refractivity contribution is 0.112. The molecule has 0 unspecified atom stereocenters. The van der Waals surface area contributed by atoms with Gasteiger partial charge in [-0.2, -0.15) is 0 Å². The molecular formula is C14H14N2O2. The van der Waals surface area contributed by atoms with E-state index in [4.69, 9.17) is 10.5 Å². The Balaban J connectivity index is 2.57. The zero-order valence-corrected chi connectivity index (χ0v) is 10.1. The molecule has 4 heteroatoms. The molecule has 2 aromatic rings. The Morgan fingerprint density at radius 1 is 1.33 bits per heavy atom. The van der Waals surface area contributed by atoms with Gasteiger partial charge in [0.2, 0.25) is 0 Å². The average molecular weight is 242 g/mol. The maximum Gasteiger partial charge on any atom is 0.150 e. The Bertz CT molecular complexity index is 567. The third kappa shape index (κ3) is 2.32. The number of hydrogen-bond donors (Lipinski definition) is 1. The summed E-state index contributed by atoms with van der Waals surface area (Å²) in [6.45, 7) is 2.48. The van der Waals surface area contributed by atoms with Gasteiger partial charge in [0, 0.05) is 17.3 Å². The summed E-state index contributed by atoms with van der Waals surface area (Å²) in [4.78, 5) is 15.1. The first kappa shape index (κ1) is 12.1. The molecule has 1 aromatic heterocycles. The number of carbonyl (C=O) groups excluding carboxylic acids is 1. The van der Waals surface area contributed by atoms with E-state index in [-0.39, 0.29) is 0 Å². The summed E-state index contributed by atoms with van der Waals surface area (Å²) in [6.07, 6.45) is 2.42. The normalized spacial score (nSPS) is 10.1. The minimum Gasteiger partial charge on any atom is -0.494 e. The molecule has 0 fully saturated rings. The zero-order valence-electron chi connectivity index (χ0n) is 10.1. The molecule has 0 aliphatic rings. The van der Waals surface area contributed by atoms with E-state index in [2.05, 4.69) is 4.98 Å². The van der Waals surface area contributed by atoms with Crippen LogP contribution >= 0.6 is 0 Å². The van der Waals surface area contributed by atoms with Crippen molar-refractivity contribution in [3.63, 3.8) is 0 Å². The summed E-state index contributed by atoms with van der Waals surface area (Å²) in [5.74, 6) is 1.11. The topological polar surface area (TPSA) is 65.2 Å². The molecule has 0 aliphatic carbocycles. The minimum absolute atomic E-state index is 0.397. The maximum absolute atomic E-state index is 11.1. The number of nitrogen functional groups attached to an aromatic ring is 1. The third-order valence-corrected chi connectivity index (χ3v) is 2.59. The van der Waals surface area contributed by atoms with Gasteiger partial charge in [0.05, 0.1) is 6.61 Å². The predicted molar refractivity (Wildman–Crippen MR) is 70.6 cm³/mol. The van der Waals surface area contributed by atoms with Gasteiger partial charge >= 0.3 is 0 Å². The van der Waals surface area contributed by atoms with Crippen LogP contribution in [0.3, 0.4) is 0 Å². The molecule has 1 aromatic carbocycles. The van der Waals surface area contributed by atoms with Crippen LogP contribution in [0.25, 0.3) is 11.1 Å². The number of rotatable bonds is 4. The van der Waals surface area contributed by atoms with Gasteiger partial charge in [0.15, 0.2) is 6.29 Å². The van der Waals surface area contributed by atoms with Crippen molar-refractivity contribution < 1.29 is 9.53 Å². The lowest BCUT2D eigenvalue weighted by atomic mass is 10.0. The van der Waals surface area contributed by atoms with E-state index < -0.39 is 0 Å². The summed E-state index contributed by atoms with van der Waals surface area (Å²) in [5.41, 5.74) is 7.87. The number of nitrogens with two attached hydrogens (primary N) is 1. The molecular weight excluding hydrogens is 228 g/mol. The molecule has 0 aliphatic heterocycles. The number of benzene rings is 1. The van der Waals surface area contributed by atoms with Crippen LogP contribution in [0.1, 0.15) is 17.3 Å². The Hall–Kier alpha value is -2.36. The summed E-state index contributed by atoms with van der Waals surface area (Å²) < 4.78 is 5.43. The Morgan fingerprint density at radius 2 is 2.17 bits per heavy atom. The van der Waals surface area contributed by atoms with E-state index in [1.807, 2.05) is 13.0 Å². The van der Waals surface area contributed by atoms with Gasteiger partial charge in [-0.25, -0.2) is 4.98 Å². The van der Waals surface area contributed by atoms with E-state index in [0.29, 0.717) is 23.7 Å². The second-order valence-corrected chi connectivity index (χ2v) is 3.74. The monoisotopic (exact) mass is 242 g/mol. The second kappa shape index (κ2) is 5.31. The van der Waals surface area contributed by atoms with Gasteiger partial charge in [-0.1, -0.05) is 0 Å². The predicted octanol–water partition coefficient (Wildman–Crippen LogP) is 2.54. The second-order valence-electron chi connectivity index (χ2n) is 3.74. The molecule has 0 saturated heterocycles. The van der Waals surface area contributed by atoms with Gasteiger partial charge in [-0.15, -0.1) is 0 Å². The van der Waals surface area contributed by atoms with Gasteiger partial charge < -0.3 is 10.5 Å². The maximum atomic E-state index is 11.1. The molecule has 0 atom stereocenters. The first-order valence-electron chi connectivity index (χ1n) is 5.69. The highest BCUT2D eigenvalue weighted by atomic mass is 16.5. The number of anilines is 1. The van der Waals surface area contributed by atoms with Gasteiger partial charge in [0.25, 0.3) is 0 Å². The Labute approximate surface area is 105 Å². The van der Waals surface area contributed by atoms with Crippen LogP contribution in [0.4, 0.5) is 5.82 Å². The number of carbonyl (C=O) groups is 1. The molecule has 1 heterocycles. The molecule has 2 rings (SSSR count). The van der Waals surface area contributed by atoms with E-state index in [1.165, 1.54) is 0 Å². The smallest absolute Gasteiger partial charge is 0.150 e. The van der Waals surface area contributed by atoms with E-state index in [1.54, 1.807) is 30.5 Å². The third-order valence-electron chi connectivity index (χ3n) is 2.59. The zero-order chi connectivity index (χ0) is 13.0. The minimum atomic E-state index is 0.397. The lowest BCUT2D eigenvalue weighted by Crippen LogP contribution is -1.97. The van der Waals surface area contributed by atoms with Crippen molar-refractivity contribution in [2.24, 2.45) is 0 Å². The first-order chi connectivity index (χ1) is 8.76. The Kier molecular flexibility index (Phi) is 3.57. The molecule has 92 valence electrons. The SMILES string of the molecule is CCOc1ccc(C=O)c(-c2cccnc2N)c1. The molecule has 2 N–H and O–H groups in total. The largest absolute Gasteiger partial charge is 0.494 e. The fraction of sp³-hybridized carbons (Fsp3) is 0.143. The number of ether oxygens (including phenoxy) is 1. The lowest BCUT2D eigenvalue weighted by Gasteiger charge is -2.10. The van der Waals surface area contributed by atoms with Crippen molar-refractivity contribution in [2.45, 2.75) is 6.92 Å². The van der Waals surface area contributed by atoms with Crippen molar-refractivity contribution >= 4 is 12.1 Å². The number of pyridine rings is 1.